The predicted molar refractivity (Wildman–Crippen MR) is 107 cm³/mol. The second-order valence-electron chi connectivity index (χ2n) is 6.49. The van der Waals surface area contributed by atoms with Crippen LogP contribution in [0.15, 0.2) is 54.2 Å². The largest absolute Gasteiger partial charge is 0.366 e. The highest BCUT2D eigenvalue weighted by molar-refractivity contribution is 6.31. The van der Waals surface area contributed by atoms with Crippen molar-refractivity contribution in [3.05, 3.63) is 70.4 Å². The molecule has 0 unspecified atom stereocenters. The quantitative estimate of drug-likeness (QED) is 0.677. The molecule has 0 radical (unpaired) electrons. The average Bonchev–Trinajstić information content (AvgIpc) is 2.68. The molecular weight excluding hydrogens is 346 g/mol. The van der Waals surface area contributed by atoms with E-state index in [9.17, 15) is 4.79 Å². The van der Waals surface area contributed by atoms with Crippen LogP contribution in [0.4, 0.5) is 5.82 Å². The molecule has 3 rings (SSSR count). The van der Waals surface area contributed by atoms with Crippen LogP contribution < -0.4 is 10.6 Å². The first kappa shape index (κ1) is 18.5. The molecule has 2 N–H and O–H groups in total. The first-order valence-corrected chi connectivity index (χ1v) is 9.49. The van der Waals surface area contributed by atoms with Gasteiger partial charge in [-0.05, 0) is 55.9 Å². The van der Waals surface area contributed by atoms with E-state index >= 15 is 0 Å². The fourth-order valence-corrected chi connectivity index (χ4v) is 3.23. The fourth-order valence-electron chi connectivity index (χ4n) is 3.03. The van der Waals surface area contributed by atoms with E-state index in [1.165, 1.54) is 31.3 Å². The zero-order valence-corrected chi connectivity index (χ0v) is 15.6. The molecule has 1 heterocycles. The Labute approximate surface area is 159 Å². The van der Waals surface area contributed by atoms with E-state index in [1.807, 2.05) is 30.3 Å². The Balaban J connectivity index is 1.46. The van der Waals surface area contributed by atoms with Gasteiger partial charge in [-0.25, -0.2) is 4.98 Å². The van der Waals surface area contributed by atoms with Gasteiger partial charge in [0.15, 0.2) is 0 Å². The number of benzene rings is 1. The molecule has 1 aromatic heterocycles. The van der Waals surface area contributed by atoms with E-state index in [-0.39, 0.29) is 5.91 Å². The van der Waals surface area contributed by atoms with Gasteiger partial charge in [0.2, 0.25) is 0 Å². The second-order valence-corrected chi connectivity index (χ2v) is 6.90. The molecule has 1 aliphatic carbocycles. The number of anilines is 1. The zero-order chi connectivity index (χ0) is 18.2. The van der Waals surface area contributed by atoms with Crippen LogP contribution in [0.1, 0.15) is 48.0 Å². The van der Waals surface area contributed by atoms with E-state index in [0.29, 0.717) is 24.5 Å². The van der Waals surface area contributed by atoms with Gasteiger partial charge in [-0.2, -0.15) is 0 Å². The van der Waals surface area contributed by atoms with Crippen LogP contribution in [0.25, 0.3) is 0 Å². The highest BCUT2D eigenvalue weighted by Gasteiger charge is 2.08. The summed E-state index contributed by atoms with van der Waals surface area (Å²) < 4.78 is 0. The number of hydrogen-bond acceptors (Lipinski definition) is 3. The molecule has 5 heteroatoms. The lowest BCUT2D eigenvalue weighted by atomic mass is 9.97. The van der Waals surface area contributed by atoms with Gasteiger partial charge in [-0.1, -0.05) is 41.4 Å². The third-order valence-electron chi connectivity index (χ3n) is 4.56. The topological polar surface area (TPSA) is 54.0 Å². The minimum atomic E-state index is -0.0773. The first-order chi connectivity index (χ1) is 12.7. The third kappa shape index (κ3) is 5.33. The Morgan fingerprint density at radius 1 is 1.15 bits per heavy atom. The highest BCUT2D eigenvalue weighted by atomic mass is 35.5. The van der Waals surface area contributed by atoms with Crippen molar-refractivity contribution >= 4 is 23.3 Å². The Hall–Kier alpha value is -2.33. The number of nitrogens with zero attached hydrogens (tertiary/aromatic N) is 1. The smallest absolute Gasteiger partial charge is 0.252 e. The van der Waals surface area contributed by atoms with Gasteiger partial charge >= 0.3 is 0 Å². The van der Waals surface area contributed by atoms with E-state index in [2.05, 4.69) is 21.7 Å². The summed E-state index contributed by atoms with van der Waals surface area (Å²) in [7, 11) is 0. The summed E-state index contributed by atoms with van der Waals surface area (Å²) in [6.45, 7) is 1.27. The van der Waals surface area contributed by atoms with Gasteiger partial charge in [0, 0.05) is 24.3 Å². The SMILES string of the molecule is O=C(NCCC1=CCCCC1)c1ccc(NCc2ccccc2Cl)nc1. The van der Waals surface area contributed by atoms with Crippen molar-refractivity contribution in [3.8, 4) is 0 Å². The molecule has 1 amide bonds. The maximum atomic E-state index is 12.2. The lowest BCUT2D eigenvalue weighted by Crippen LogP contribution is -2.25. The number of nitrogens with one attached hydrogen (secondary N) is 2. The molecule has 0 saturated carbocycles. The molecular formula is C21H24ClN3O. The van der Waals surface area contributed by atoms with Crippen LogP contribution in [0.2, 0.25) is 5.02 Å². The van der Waals surface area contributed by atoms with Crippen molar-refractivity contribution in [2.24, 2.45) is 0 Å². The van der Waals surface area contributed by atoms with Crippen LogP contribution in [0, 0.1) is 0 Å². The Morgan fingerprint density at radius 2 is 2.04 bits per heavy atom. The summed E-state index contributed by atoms with van der Waals surface area (Å²) in [4.78, 5) is 16.5. The molecule has 4 nitrogen and oxygen atoms in total. The summed E-state index contributed by atoms with van der Waals surface area (Å²) in [5, 5.41) is 6.92. The molecule has 136 valence electrons. The van der Waals surface area contributed by atoms with E-state index in [4.69, 9.17) is 11.6 Å². The van der Waals surface area contributed by atoms with Crippen LogP contribution in [-0.4, -0.2) is 17.4 Å². The Kier molecular flexibility index (Phi) is 6.67. The number of hydrogen-bond donors (Lipinski definition) is 2. The molecule has 1 aliphatic rings. The van der Waals surface area contributed by atoms with E-state index in [1.54, 1.807) is 12.3 Å². The van der Waals surface area contributed by atoms with Crippen LogP contribution in [0.5, 0.6) is 0 Å². The second kappa shape index (κ2) is 9.39. The summed E-state index contributed by atoms with van der Waals surface area (Å²) in [5.41, 5.74) is 3.05. The molecule has 1 aromatic carbocycles. The van der Waals surface area contributed by atoms with Gasteiger partial charge < -0.3 is 10.6 Å². The molecule has 0 aliphatic heterocycles. The van der Waals surface area contributed by atoms with Gasteiger partial charge in [-0.15, -0.1) is 0 Å². The zero-order valence-electron chi connectivity index (χ0n) is 14.8. The lowest BCUT2D eigenvalue weighted by molar-refractivity contribution is 0.0953. The summed E-state index contributed by atoms with van der Waals surface area (Å²) >= 11 is 6.14. The van der Waals surface area contributed by atoms with Crippen molar-refractivity contribution in [2.45, 2.75) is 38.6 Å². The van der Waals surface area contributed by atoms with Crippen molar-refractivity contribution in [1.82, 2.24) is 10.3 Å². The average molecular weight is 370 g/mol. The number of aromatic nitrogens is 1. The molecule has 0 atom stereocenters. The van der Waals surface area contributed by atoms with E-state index < -0.39 is 0 Å². The molecule has 0 fully saturated rings. The first-order valence-electron chi connectivity index (χ1n) is 9.12. The normalized spacial score (nSPS) is 13.8. The predicted octanol–water partition coefficient (Wildman–Crippen LogP) is 4.97. The van der Waals surface area contributed by atoms with Crippen LogP contribution in [-0.2, 0) is 6.54 Å². The molecule has 0 saturated heterocycles. The number of carbonyl (C=O) groups is 1. The number of carbonyl (C=O) groups excluding carboxylic acids is 1. The number of pyridine rings is 1. The van der Waals surface area contributed by atoms with Crippen LogP contribution in [0.3, 0.4) is 0 Å². The number of amides is 1. The van der Waals surface area contributed by atoms with Crippen LogP contribution >= 0.6 is 11.6 Å². The minimum absolute atomic E-state index is 0.0773. The van der Waals surface area contributed by atoms with E-state index in [0.717, 1.165) is 17.0 Å². The van der Waals surface area contributed by atoms with Gasteiger partial charge in [0.1, 0.15) is 5.82 Å². The van der Waals surface area contributed by atoms with Crippen molar-refractivity contribution in [3.63, 3.8) is 0 Å². The fraction of sp³-hybridized carbons (Fsp3) is 0.333. The monoisotopic (exact) mass is 369 g/mol. The maximum absolute atomic E-state index is 12.2. The summed E-state index contributed by atoms with van der Waals surface area (Å²) in [6.07, 6.45) is 9.77. The molecule has 0 bridgehead atoms. The summed E-state index contributed by atoms with van der Waals surface area (Å²) in [5.74, 6) is 0.639. The minimum Gasteiger partial charge on any atom is -0.366 e. The summed E-state index contributed by atoms with van der Waals surface area (Å²) in [6, 6.07) is 11.3. The Morgan fingerprint density at radius 3 is 2.77 bits per heavy atom. The highest BCUT2D eigenvalue weighted by Crippen LogP contribution is 2.19. The molecule has 26 heavy (non-hydrogen) atoms. The maximum Gasteiger partial charge on any atom is 0.252 e. The number of allylic oxidation sites excluding steroid dienone is 1. The van der Waals surface area contributed by atoms with Gasteiger partial charge in [0.25, 0.3) is 5.91 Å². The molecule has 0 spiro atoms. The van der Waals surface area contributed by atoms with Gasteiger partial charge in [0.05, 0.1) is 5.56 Å². The van der Waals surface area contributed by atoms with Crippen molar-refractivity contribution < 1.29 is 4.79 Å². The van der Waals surface area contributed by atoms with Crippen molar-refractivity contribution in [2.75, 3.05) is 11.9 Å². The van der Waals surface area contributed by atoms with Crippen molar-refractivity contribution in [1.29, 1.82) is 0 Å². The molecule has 2 aromatic rings. The number of rotatable bonds is 7. The third-order valence-corrected chi connectivity index (χ3v) is 4.93. The standard InChI is InChI=1S/C21H24ClN3O/c22-19-9-5-4-8-17(19)14-24-20-11-10-18(15-25-20)21(26)23-13-12-16-6-2-1-3-7-16/h4-6,8-11,15H,1-3,7,12-14H2,(H,23,26)(H,24,25). The van der Waals surface area contributed by atoms with Gasteiger partial charge in [-0.3, -0.25) is 4.79 Å². The Bertz CT molecular complexity index is 771. The number of halogens is 1. The lowest BCUT2D eigenvalue weighted by Gasteiger charge is -2.13.